The van der Waals surface area contributed by atoms with Crippen LogP contribution in [0.3, 0.4) is 0 Å². The smallest absolute Gasteiger partial charge is 0.386 e. The van der Waals surface area contributed by atoms with Gasteiger partial charge in [0.2, 0.25) is 5.95 Å². The number of rotatable bonds is 1. The maximum atomic E-state index is 12.2. The van der Waals surface area contributed by atoms with Crippen LogP contribution in [-0.4, -0.2) is 49.5 Å². The molecule has 0 saturated carbocycles. The van der Waals surface area contributed by atoms with Gasteiger partial charge < -0.3 is 20.5 Å². The number of aromatic nitrogens is 3. The summed E-state index contributed by atoms with van der Waals surface area (Å²) < 4.78 is 27.5. The lowest BCUT2D eigenvalue weighted by Gasteiger charge is -2.27. The molecular weight excluding hydrogens is 367 g/mol. The fourth-order valence-corrected chi connectivity index (χ4v) is 4.53. The van der Waals surface area contributed by atoms with E-state index in [9.17, 15) is 24.2 Å². The summed E-state index contributed by atoms with van der Waals surface area (Å²) in [7, 11) is -4.29. The van der Waals surface area contributed by atoms with E-state index >= 15 is 0 Å². The van der Waals surface area contributed by atoms with Gasteiger partial charge in [-0.05, 0) is 0 Å². The molecule has 0 bridgehead atoms. The quantitative estimate of drug-likeness (QED) is 0.427. The number of hydrogen-bond donors (Lipinski definition) is 4. The number of nitrogens with two attached hydrogens (primary N) is 1. The maximum Gasteiger partial charge on any atom is 0.472 e. The van der Waals surface area contributed by atoms with Crippen molar-refractivity contribution in [3.63, 3.8) is 0 Å². The SMILES string of the molecule is Nc1nc2c(sc(=O)n2[C@@H]2O[C@H]3COP(=O)(O)O[C@H]3[C@H]2O)c(=O)[nH]1. The average molecular weight is 378 g/mol. The number of anilines is 1. The van der Waals surface area contributed by atoms with Gasteiger partial charge in [-0.1, -0.05) is 11.3 Å². The van der Waals surface area contributed by atoms with Crippen LogP contribution >= 0.6 is 19.2 Å². The van der Waals surface area contributed by atoms with Gasteiger partial charge in [0, 0.05) is 0 Å². The minimum absolute atomic E-state index is 0.0184. The third-order valence-corrected chi connectivity index (χ3v) is 5.64. The predicted octanol–water partition coefficient (Wildman–Crippen LogP) is -1.50. The fourth-order valence-electron chi connectivity index (χ4n) is 2.72. The van der Waals surface area contributed by atoms with Crippen LogP contribution in [0.2, 0.25) is 0 Å². The van der Waals surface area contributed by atoms with Crippen molar-refractivity contribution >= 4 is 35.5 Å². The zero-order chi connectivity index (χ0) is 17.2. The highest BCUT2D eigenvalue weighted by Gasteiger charge is 2.53. The lowest BCUT2D eigenvalue weighted by molar-refractivity contribution is -0.0668. The van der Waals surface area contributed by atoms with Gasteiger partial charge in [0.1, 0.15) is 23.0 Å². The summed E-state index contributed by atoms with van der Waals surface area (Å²) in [6.07, 6.45) is -4.74. The average Bonchev–Trinajstić information content (AvgIpc) is 2.96. The van der Waals surface area contributed by atoms with E-state index in [0.717, 1.165) is 4.57 Å². The Bertz CT molecular complexity index is 983. The molecule has 2 aromatic rings. The number of ether oxygens (including phenoxy) is 1. The lowest BCUT2D eigenvalue weighted by atomic mass is 10.1. The number of aliphatic hydroxyl groups excluding tert-OH is 1. The number of aromatic amines is 1. The summed E-state index contributed by atoms with van der Waals surface area (Å²) in [4.78, 5) is 39.0. The topological polar surface area (TPSA) is 179 Å². The van der Waals surface area contributed by atoms with Gasteiger partial charge in [-0.15, -0.1) is 0 Å². The van der Waals surface area contributed by atoms with Crippen molar-refractivity contribution in [3.8, 4) is 0 Å². The van der Waals surface area contributed by atoms with Gasteiger partial charge in [0.15, 0.2) is 11.9 Å². The highest BCUT2D eigenvalue weighted by atomic mass is 32.1. The summed E-state index contributed by atoms with van der Waals surface area (Å²) in [5.41, 5.74) is 4.84. The molecule has 0 radical (unpaired) electrons. The van der Waals surface area contributed by atoms with Crippen LogP contribution in [0.4, 0.5) is 5.95 Å². The van der Waals surface area contributed by atoms with Gasteiger partial charge in [-0.25, -0.2) is 4.57 Å². The molecule has 2 saturated heterocycles. The molecule has 5 N–H and O–H groups in total. The van der Waals surface area contributed by atoms with Crippen molar-refractivity contribution < 1.29 is 28.3 Å². The zero-order valence-corrected chi connectivity index (χ0v) is 13.4. The van der Waals surface area contributed by atoms with E-state index in [-0.39, 0.29) is 22.9 Å². The van der Waals surface area contributed by atoms with Crippen LogP contribution in [0.1, 0.15) is 6.23 Å². The third kappa shape index (κ3) is 2.33. The second-order valence-corrected chi connectivity index (χ2v) is 7.60. The minimum Gasteiger partial charge on any atom is -0.386 e. The number of aliphatic hydroxyl groups is 1. The van der Waals surface area contributed by atoms with Crippen LogP contribution in [0, 0.1) is 0 Å². The number of nitrogen functional groups attached to an aromatic ring is 1. The lowest BCUT2D eigenvalue weighted by Crippen LogP contribution is -2.39. The molecule has 0 aliphatic carbocycles. The molecule has 2 aliphatic heterocycles. The Morgan fingerprint density at radius 1 is 1.46 bits per heavy atom. The molecule has 1 unspecified atom stereocenters. The number of H-pyrrole nitrogens is 1. The van der Waals surface area contributed by atoms with Crippen molar-refractivity contribution in [1.82, 2.24) is 14.5 Å². The number of phosphoric ester groups is 1. The van der Waals surface area contributed by atoms with E-state index in [1.165, 1.54) is 0 Å². The highest BCUT2D eigenvalue weighted by Crippen LogP contribution is 2.52. The van der Waals surface area contributed by atoms with Crippen LogP contribution in [-0.2, 0) is 18.3 Å². The number of fused-ring (bicyclic) bond motifs is 2. The molecular formula is C10H11N4O8PS. The number of nitrogens with one attached hydrogen (secondary N) is 1. The summed E-state index contributed by atoms with van der Waals surface area (Å²) in [6, 6.07) is 0. The van der Waals surface area contributed by atoms with Crippen molar-refractivity contribution in [2.45, 2.75) is 24.5 Å². The standard InChI is InChI=1S/C10H11N4O8PS/c11-9-12-6-5(7(16)13-9)24-10(17)14(6)8-3(15)4-2(21-8)1-20-23(18,19)22-4/h2-4,8,15H,1H2,(H,18,19)(H3,11,12,13,16)/t2-,3+,4+,8+/m0/s1. The summed E-state index contributed by atoms with van der Waals surface area (Å²) in [5, 5.41) is 10.4. The molecule has 4 rings (SSSR count). The molecule has 130 valence electrons. The highest BCUT2D eigenvalue weighted by molar-refractivity contribution is 7.47. The van der Waals surface area contributed by atoms with Gasteiger partial charge in [-0.2, -0.15) is 4.98 Å². The predicted molar refractivity (Wildman–Crippen MR) is 79.5 cm³/mol. The summed E-state index contributed by atoms with van der Waals surface area (Å²) in [5.74, 6) is -0.205. The van der Waals surface area contributed by atoms with Gasteiger partial charge in [-0.3, -0.25) is 28.2 Å². The first kappa shape index (κ1) is 15.9. The Morgan fingerprint density at radius 3 is 2.96 bits per heavy atom. The van der Waals surface area contributed by atoms with Crippen molar-refractivity contribution in [3.05, 3.63) is 20.0 Å². The molecule has 4 heterocycles. The van der Waals surface area contributed by atoms with Gasteiger partial charge in [0.25, 0.3) is 5.56 Å². The molecule has 2 aromatic heterocycles. The summed E-state index contributed by atoms with van der Waals surface area (Å²) in [6.45, 7) is -0.293. The Kier molecular flexibility index (Phi) is 3.44. The Labute approximate surface area is 136 Å². The normalized spacial score (nSPS) is 36.1. The van der Waals surface area contributed by atoms with E-state index in [4.69, 9.17) is 15.0 Å². The Balaban J connectivity index is 1.82. The zero-order valence-electron chi connectivity index (χ0n) is 11.7. The van der Waals surface area contributed by atoms with Crippen LogP contribution < -0.4 is 16.2 Å². The largest absolute Gasteiger partial charge is 0.472 e. The van der Waals surface area contributed by atoms with Crippen LogP contribution in [0.25, 0.3) is 10.3 Å². The molecule has 12 nitrogen and oxygen atoms in total. The van der Waals surface area contributed by atoms with Crippen molar-refractivity contribution in [1.29, 1.82) is 0 Å². The van der Waals surface area contributed by atoms with Crippen LogP contribution in [0.5, 0.6) is 0 Å². The van der Waals surface area contributed by atoms with E-state index in [0.29, 0.717) is 11.3 Å². The second-order valence-electron chi connectivity index (χ2n) is 5.23. The second kappa shape index (κ2) is 5.20. The molecule has 14 heteroatoms. The maximum absolute atomic E-state index is 12.2. The van der Waals surface area contributed by atoms with E-state index in [1.807, 2.05) is 0 Å². The first-order chi connectivity index (χ1) is 11.3. The molecule has 2 aliphatic rings. The van der Waals surface area contributed by atoms with Gasteiger partial charge >= 0.3 is 12.7 Å². The van der Waals surface area contributed by atoms with E-state index in [1.54, 1.807) is 0 Å². The van der Waals surface area contributed by atoms with Gasteiger partial charge in [0.05, 0.1) is 6.61 Å². The molecule has 0 amide bonds. The van der Waals surface area contributed by atoms with Crippen LogP contribution in [0.15, 0.2) is 9.59 Å². The number of nitrogens with zero attached hydrogens (tertiary/aromatic N) is 2. The monoisotopic (exact) mass is 378 g/mol. The number of hydrogen-bond acceptors (Lipinski definition) is 10. The first-order valence-electron chi connectivity index (χ1n) is 6.67. The first-order valence-corrected chi connectivity index (χ1v) is 8.98. The molecule has 0 aromatic carbocycles. The van der Waals surface area contributed by atoms with E-state index < -0.39 is 42.8 Å². The van der Waals surface area contributed by atoms with E-state index in [2.05, 4.69) is 14.5 Å². The molecule has 5 atom stereocenters. The Morgan fingerprint density at radius 2 is 2.21 bits per heavy atom. The van der Waals surface area contributed by atoms with Crippen molar-refractivity contribution in [2.75, 3.05) is 12.3 Å². The van der Waals surface area contributed by atoms with Crippen molar-refractivity contribution in [2.24, 2.45) is 0 Å². The number of thiazole rings is 1. The fraction of sp³-hybridized carbons (Fsp3) is 0.500. The number of phosphoric acid groups is 1. The third-order valence-electron chi connectivity index (χ3n) is 3.71. The molecule has 0 spiro atoms. The Hall–Kier alpha value is -1.60. The summed E-state index contributed by atoms with van der Waals surface area (Å²) >= 11 is 0.614. The molecule has 2 fully saturated rings. The minimum atomic E-state index is -4.29. The molecule has 24 heavy (non-hydrogen) atoms.